The maximum Gasteiger partial charge on any atom is 0.433 e. The van der Waals surface area contributed by atoms with Crippen LogP contribution in [0.3, 0.4) is 0 Å². The van der Waals surface area contributed by atoms with Gasteiger partial charge < -0.3 is 4.42 Å². The van der Waals surface area contributed by atoms with Gasteiger partial charge in [0.25, 0.3) is 0 Å². The van der Waals surface area contributed by atoms with E-state index < -0.39 is 4.92 Å². The van der Waals surface area contributed by atoms with Crippen molar-refractivity contribution in [2.45, 2.75) is 24.9 Å². The number of hydrogen-bond donors (Lipinski definition) is 0. The van der Waals surface area contributed by atoms with E-state index in [4.69, 9.17) is 4.42 Å². The van der Waals surface area contributed by atoms with Crippen LogP contribution in [0.4, 0.5) is 5.88 Å². The van der Waals surface area contributed by atoms with E-state index >= 15 is 0 Å². The van der Waals surface area contributed by atoms with Gasteiger partial charge in [-0.15, -0.1) is 15.3 Å². The first kappa shape index (κ1) is 14.0. The quantitative estimate of drug-likeness (QED) is 0.525. The van der Waals surface area contributed by atoms with Crippen molar-refractivity contribution in [1.29, 1.82) is 0 Å². The van der Waals surface area contributed by atoms with Crippen molar-refractivity contribution >= 4 is 33.9 Å². The second-order valence-electron chi connectivity index (χ2n) is 4.47. The minimum atomic E-state index is -0.575. The van der Waals surface area contributed by atoms with Crippen LogP contribution in [0.2, 0.25) is 0 Å². The molecule has 0 unspecified atom stereocenters. The summed E-state index contributed by atoms with van der Waals surface area (Å²) in [6.45, 7) is 4.22. The molecule has 0 atom stereocenters. The summed E-state index contributed by atoms with van der Waals surface area (Å²) < 4.78 is 6.81. The Hall–Kier alpha value is -1.94. The molecule has 0 fully saturated rings. The SMILES string of the molecule is CC(C)SCc1nnc2sc(-c3ccc([N+](=O)[O-])o3)nn12. The molecule has 8 nitrogen and oxygen atoms in total. The summed E-state index contributed by atoms with van der Waals surface area (Å²) in [5.41, 5.74) is 0. The highest BCUT2D eigenvalue weighted by Gasteiger charge is 2.18. The Bertz CT molecular complexity index is 791. The number of hydrogen-bond acceptors (Lipinski definition) is 8. The van der Waals surface area contributed by atoms with E-state index in [2.05, 4.69) is 29.1 Å². The van der Waals surface area contributed by atoms with Crippen molar-refractivity contribution in [2.24, 2.45) is 0 Å². The van der Waals surface area contributed by atoms with E-state index in [0.717, 1.165) is 5.82 Å². The number of furan rings is 1. The van der Waals surface area contributed by atoms with Crippen LogP contribution in [-0.4, -0.2) is 30.0 Å². The molecule has 0 saturated heterocycles. The molecular weight excluding hydrogens is 314 g/mol. The van der Waals surface area contributed by atoms with Crippen LogP contribution < -0.4 is 0 Å². The minimum absolute atomic E-state index is 0.299. The number of aromatic nitrogens is 4. The summed E-state index contributed by atoms with van der Waals surface area (Å²) in [5, 5.41) is 24.2. The lowest BCUT2D eigenvalue weighted by molar-refractivity contribution is -0.401. The summed E-state index contributed by atoms with van der Waals surface area (Å²) in [5.74, 6) is 1.53. The number of nitrogens with zero attached hydrogens (tertiary/aromatic N) is 5. The van der Waals surface area contributed by atoms with Crippen molar-refractivity contribution in [2.75, 3.05) is 0 Å². The largest absolute Gasteiger partial charge is 0.433 e. The number of fused-ring (bicyclic) bond motifs is 1. The van der Waals surface area contributed by atoms with Crippen molar-refractivity contribution < 1.29 is 9.34 Å². The van der Waals surface area contributed by atoms with Crippen LogP contribution >= 0.6 is 23.1 Å². The van der Waals surface area contributed by atoms with E-state index in [-0.39, 0.29) is 5.88 Å². The van der Waals surface area contributed by atoms with Crippen LogP contribution in [0.1, 0.15) is 19.7 Å². The molecule has 0 radical (unpaired) electrons. The fraction of sp³-hybridized carbons (Fsp3) is 0.364. The molecule has 10 heteroatoms. The number of thioether (sulfide) groups is 1. The molecule has 3 aromatic rings. The number of nitro groups is 1. The molecule has 3 heterocycles. The Morgan fingerprint density at radius 1 is 1.48 bits per heavy atom. The summed E-state index contributed by atoms with van der Waals surface area (Å²) in [7, 11) is 0. The van der Waals surface area contributed by atoms with Crippen molar-refractivity contribution in [3.8, 4) is 10.8 Å². The van der Waals surface area contributed by atoms with E-state index in [1.807, 2.05) is 0 Å². The third-order valence-corrected chi connectivity index (χ3v) is 4.59. The lowest BCUT2D eigenvalue weighted by Crippen LogP contribution is -1.96. The van der Waals surface area contributed by atoms with Gasteiger partial charge >= 0.3 is 5.88 Å². The zero-order valence-corrected chi connectivity index (χ0v) is 12.8. The first-order valence-corrected chi connectivity index (χ1v) is 7.98. The monoisotopic (exact) mass is 325 g/mol. The normalized spacial score (nSPS) is 11.6. The van der Waals surface area contributed by atoms with Gasteiger partial charge in [-0.05, 0) is 11.3 Å². The van der Waals surface area contributed by atoms with Crippen LogP contribution in [0.5, 0.6) is 0 Å². The van der Waals surface area contributed by atoms with Crippen LogP contribution in [0.15, 0.2) is 16.5 Å². The molecule has 0 N–H and O–H groups in total. The van der Waals surface area contributed by atoms with E-state index in [1.54, 1.807) is 16.3 Å². The van der Waals surface area contributed by atoms with Crippen molar-refractivity contribution in [1.82, 2.24) is 19.8 Å². The lowest BCUT2D eigenvalue weighted by Gasteiger charge is -2.00. The van der Waals surface area contributed by atoms with Gasteiger partial charge in [0.1, 0.15) is 4.92 Å². The Morgan fingerprint density at radius 3 is 2.95 bits per heavy atom. The predicted octanol–water partition coefficient (Wildman–Crippen LogP) is 3.00. The van der Waals surface area contributed by atoms with Crippen molar-refractivity contribution in [3.63, 3.8) is 0 Å². The maximum absolute atomic E-state index is 10.6. The molecule has 3 aromatic heterocycles. The van der Waals surface area contributed by atoms with Gasteiger partial charge in [0.2, 0.25) is 4.96 Å². The Labute approximate surface area is 127 Å². The first-order chi connectivity index (χ1) is 10.0. The lowest BCUT2D eigenvalue weighted by atomic mass is 10.5. The molecule has 3 rings (SSSR count). The van der Waals surface area contributed by atoms with Gasteiger partial charge in [0.15, 0.2) is 16.6 Å². The summed E-state index contributed by atoms with van der Waals surface area (Å²) in [4.78, 5) is 10.7. The molecular formula is C11H11N5O3S2. The minimum Gasteiger partial charge on any atom is -0.398 e. The molecule has 0 amide bonds. The van der Waals surface area contributed by atoms with Gasteiger partial charge in [-0.2, -0.15) is 16.3 Å². The highest BCUT2D eigenvalue weighted by molar-refractivity contribution is 7.99. The Kier molecular flexibility index (Phi) is 3.64. The third-order valence-electron chi connectivity index (χ3n) is 2.58. The Balaban J connectivity index is 1.91. The molecule has 0 aromatic carbocycles. The van der Waals surface area contributed by atoms with Gasteiger partial charge in [0, 0.05) is 0 Å². The predicted molar refractivity (Wildman–Crippen MR) is 79.4 cm³/mol. The molecule has 0 saturated carbocycles. The van der Waals surface area contributed by atoms with E-state index in [1.165, 1.54) is 23.5 Å². The highest BCUT2D eigenvalue weighted by atomic mass is 32.2. The fourth-order valence-electron chi connectivity index (χ4n) is 1.63. The van der Waals surface area contributed by atoms with Crippen LogP contribution in [-0.2, 0) is 5.75 Å². The molecule has 0 aliphatic carbocycles. The van der Waals surface area contributed by atoms with Crippen LogP contribution in [0, 0.1) is 10.1 Å². The van der Waals surface area contributed by atoms with Gasteiger partial charge in [-0.3, -0.25) is 10.1 Å². The second kappa shape index (κ2) is 5.45. The second-order valence-corrected chi connectivity index (χ2v) is 6.99. The number of rotatable bonds is 5. The zero-order chi connectivity index (χ0) is 15.0. The fourth-order valence-corrected chi connectivity index (χ4v) is 3.11. The zero-order valence-electron chi connectivity index (χ0n) is 11.2. The van der Waals surface area contributed by atoms with Crippen LogP contribution in [0.25, 0.3) is 15.7 Å². The molecule has 0 spiro atoms. The third kappa shape index (κ3) is 2.76. The Morgan fingerprint density at radius 2 is 2.29 bits per heavy atom. The summed E-state index contributed by atoms with van der Waals surface area (Å²) >= 11 is 3.03. The molecule has 110 valence electrons. The molecule has 0 bridgehead atoms. The topological polar surface area (TPSA) is 99.4 Å². The molecule has 0 aliphatic rings. The maximum atomic E-state index is 10.6. The van der Waals surface area contributed by atoms with Gasteiger partial charge in [0.05, 0.1) is 11.8 Å². The van der Waals surface area contributed by atoms with Crippen molar-refractivity contribution in [3.05, 3.63) is 28.1 Å². The average molecular weight is 325 g/mol. The summed E-state index contributed by atoms with van der Waals surface area (Å²) in [6, 6.07) is 2.85. The molecule has 21 heavy (non-hydrogen) atoms. The summed E-state index contributed by atoms with van der Waals surface area (Å²) in [6.07, 6.45) is 0. The molecule has 0 aliphatic heterocycles. The highest BCUT2D eigenvalue weighted by Crippen LogP contribution is 2.30. The first-order valence-electron chi connectivity index (χ1n) is 6.12. The standard InChI is InChI=1S/C11H11N5O3S2/c1-6(2)20-5-8-12-13-11-15(8)14-10(21-11)7-3-4-9(19-7)16(17)18/h3-4,6H,5H2,1-2H3. The van der Waals surface area contributed by atoms with E-state index in [9.17, 15) is 10.1 Å². The van der Waals surface area contributed by atoms with Gasteiger partial charge in [-0.1, -0.05) is 25.2 Å². The van der Waals surface area contributed by atoms with Gasteiger partial charge in [-0.25, -0.2) is 0 Å². The smallest absolute Gasteiger partial charge is 0.398 e. The van der Waals surface area contributed by atoms with E-state index in [0.29, 0.717) is 26.7 Å². The average Bonchev–Trinajstić information content (AvgIpc) is 3.11.